The number of hydrogen-bond donors (Lipinski definition) is 2. The summed E-state index contributed by atoms with van der Waals surface area (Å²) >= 11 is 0. The Bertz CT molecular complexity index is 242. The second kappa shape index (κ2) is 4.12. The van der Waals surface area contributed by atoms with Crippen LogP contribution in [0.4, 0.5) is 0 Å². The molecule has 2 aliphatic rings. The highest BCUT2D eigenvalue weighted by Crippen LogP contribution is 2.35. The third-order valence-electron chi connectivity index (χ3n) is 4.22. The van der Waals surface area contributed by atoms with E-state index in [1.54, 1.807) is 0 Å². The van der Waals surface area contributed by atoms with Gasteiger partial charge in [0, 0.05) is 17.5 Å². The molecule has 2 rings (SSSR count). The predicted molar refractivity (Wildman–Crippen MR) is 60.3 cm³/mol. The SMILES string of the molecule is CCC1(NC(=O)C2CCC(N)C2)CCC1. The summed E-state index contributed by atoms with van der Waals surface area (Å²) in [6.45, 7) is 2.17. The zero-order valence-corrected chi connectivity index (χ0v) is 9.59. The summed E-state index contributed by atoms with van der Waals surface area (Å²) in [7, 11) is 0. The molecule has 86 valence electrons. The summed E-state index contributed by atoms with van der Waals surface area (Å²) in [6, 6.07) is 0.250. The lowest BCUT2D eigenvalue weighted by Gasteiger charge is -2.42. The summed E-state index contributed by atoms with van der Waals surface area (Å²) in [6.07, 6.45) is 7.52. The monoisotopic (exact) mass is 210 g/mol. The standard InChI is InChI=1S/C12H22N2O/c1-2-12(6-3-7-12)14-11(15)9-4-5-10(13)8-9/h9-10H,2-8,13H2,1H3,(H,14,15). The van der Waals surface area contributed by atoms with Crippen molar-refractivity contribution in [2.75, 3.05) is 0 Å². The molecule has 3 heteroatoms. The van der Waals surface area contributed by atoms with Crippen LogP contribution in [-0.2, 0) is 4.79 Å². The number of nitrogens with one attached hydrogen (secondary N) is 1. The van der Waals surface area contributed by atoms with Gasteiger partial charge in [-0.05, 0) is 44.9 Å². The van der Waals surface area contributed by atoms with Gasteiger partial charge in [0.15, 0.2) is 0 Å². The van der Waals surface area contributed by atoms with E-state index < -0.39 is 0 Å². The van der Waals surface area contributed by atoms with E-state index in [1.165, 1.54) is 6.42 Å². The minimum absolute atomic E-state index is 0.143. The van der Waals surface area contributed by atoms with E-state index in [-0.39, 0.29) is 23.4 Å². The van der Waals surface area contributed by atoms with Gasteiger partial charge in [-0.25, -0.2) is 0 Å². The quantitative estimate of drug-likeness (QED) is 0.742. The Morgan fingerprint density at radius 1 is 1.47 bits per heavy atom. The molecule has 0 aromatic rings. The molecule has 0 spiro atoms. The van der Waals surface area contributed by atoms with Crippen molar-refractivity contribution in [1.29, 1.82) is 0 Å². The molecule has 15 heavy (non-hydrogen) atoms. The summed E-state index contributed by atoms with van der Waals surface area (Å²) in [5.41, 5.74) is 5.97. The fourth-order valence-corrected chi connectivity index (χ4v) is 2.79. The van der Waals surface area contributed by atoms with Crippen LogP contribution in [0.3, 0.4) is 0 Å². The molecule has 0 heterocycles. The molecule has 0 bridgehead atoms. The van der Waals surface area contributed by atoms with Gasteiger partial charge in [0.05, 0.1) is 0 Å². The molecular formula is C12H22N2O. The van der Waals surface area contributed by atoms with Gasteiger partial charge >= 0.3 is 0 Å². The third kappa shape index (κ3) is 2.17. The Balaban J connectivity index is 1.86. The first kappa shape index (κ1) is 10.9. The maximum absolute atomic E-state index is 12.0. The van der Waals surface area contributed by atoms with Crippen LogP contribution < -0.4 is 11.1 Å². The Kier molecular flexibility index (Phi) is 3.01. The second-order valence-corrected chi connectivity index (χ2v) is 5.25. The predicted octanol–water partition coefficient (Wildman–Crippen LogP) is 1.56. The largest absolute Gasteiger partial charge is 0.350 e. The minimum Gasteiger partial charge on any atom is -0.350 e. The summed E-state index contributed by atoms with van der Waals surface area (Å²) in [5, 5.41) is 3.25. The van der Waals surface area contributed by atoms with Crippen molar-refractivity contribution < 1.29 is 4.79 Å². The molecule has 0 aliphatic heterocycles. The van der Waals surface area contributed by atoms with Gasteiger partial charge in [-0.15, -0.1) is 0 Å². The van der Waals surface area contributed by atoms with Crippen molar-refractivity contribution in [3.8, 4) is 0 Å². The molecule has 1 amide bonds. The molecule has 2 saturated carbocycles. The Morgan fingerprint density at radius 3 is 2.60 bits per heavy atom. The molecule has 0 aromatic heterocycles. The molecule has 2 unspecified atom stereocenters. The highest BCUT2D eigenvalue weighted by molar-refractivity contribution is 5.80. The highest BCUT2D eigenvalue weighted by atomic mass is 16.2. The number of carbonyl (C=O) groups is 1. The molecule has 0 radical (unpaired) electrons. The molecule has 2 fully saturated rings. The lowest BCUT2D eigenvalue weighted by atomic mass is 9.74. The van der Waals surface area contributed by atoms with E-state index in [0.29, 0.717) is 0 Å². The van der Waals surface area contributed by atoms with Gasteiger partial charge in [-0.2, -0.15) is 0 Å². The van der Waals surface area contributed by atoms with Crippen LogP contribution in [-0.4, -0.2) is 17.5 Å². The van der Waals surface area contributed by atoms with Crippen molar-refractivity contribution in [3.05, 3.63) is 0 Å². The van der Waals surface area contributed by atoms with Crippen LogP contribution >= 0.6 is 0 Å². The molecular weight excluding hydrogens is 188 g/mol. The third-order valence-corrected chi connectivity index (χ3v) is 4.22. The molecule has 2 atom stereocenters. The summed E-state index contributed by atoms with van der Waals surface area (Å²) in [5.74, 6) is 0.438. The lowest BCUT2D eigenvalue weighted by Crippen LogP contribution is -2.54. The number of rotatable bonds is 3. The zero-order valence-electron chi connectivity index (χ0n) is 9.59. The second-order valence-electron chi connectivity index (χ2n) is 5.25. The fourth-order valence-electron chi connectivity index (χ4n) is 2.79. The van der Waals surface area contributed by atoms with Crippen molar-refractivity contribution in [1.82, 2.24) is 5.32 Å². The Morgan fingerprint density at radius 2 is 2.20 bits per heavy atom. The van der Waals surface area contributed by atoms with Crippen LogP contribution in [0.1, 0.15) is 51.9 Å². The fraction of sp³-hybridized carbons (Fsp3) is 0.917. The van der Waals surface area contributed by atoms with E-state index in [0.717, 1.165) is 38.5 Å². The van der Waals surface area contributed by atoms with Crippen LogP contribution in [0.15, 0.2) is 0 Å². The Hall–Kier alpha value is -0.570. The van der Waals surface area contributed by atoms with Crippen molar-refractivity contribution in [2.24, 2.45) is 11.7 Å². The first-order valence-corrected chi connectivity index (χ1v) is 6.23. The van der Waals surface area contributed by atoms with E-state index in [2.05, 4.69) is 12.2 Å². The van der Waals surface area contributed by atoms with Crippen LogP contribution in [0.2, 0.25) is 0 Å². The number of amides is 1. The Labute approximate surface area is 91.8 Å². The lowest BCUT2D eigenvalue weighted by molar-refractivity contribution is -0.128. The molecule has 0 saturated heterocycles. The smallest absolute Gasteiger partial charge is 0.223 e. The first-order valence-electron chi connectivity index (χ1n) is 6.23. The van der Waals surface area contributed by atoms with E-state index in [9.17, 15) is 4.79 Å². The molecule has 2 aliphatic carbocycles. The van der Waals surface area contributed by atoms with Crippen LogP contribution in [0, 0.1) is 5.92 Å². The van der Waals surface area contributed by atoms with Crippen molar-refractivity contribution in [3.63, 3.8) is 0 Å². The topological polar surface area (TPSA) is 55.1 Å². The van der Waals surface area contributed by atoms with Crippen molar-refractivity contribution in [2.45, 2.75) is 63.5 Å². The van der Waals surface area contributed by atoms with Crippen molar-refractivity contribution >= 4 is 5.91 Å². The minimum atomic E-state index is 0.143. The zero-order chi connectivity index (χ0) is 10.9. The maximum Gasteiger partial charge on any atom is 0.223 e. The highest BCUT2D eigenvalue weighted by Gasteiger charge is 2.38. The average Bonchev–Trinajstić information content (AvgIpc) is 2.58. The van der Waals surface area contributed by atoms with E-state index in [4.69, 9.17) is 5.73 Å². The van der Waals surface area contributed by atoms with Gasteiger partial charge in [0.2, 0.25) is 5.91 Å². The summed E-state index contributed by atoms with van der Waals surface area (Å²) in [4.78, 5) is 12.0. The van der Waals surface area contributed by atoms with Gasteiger partial charge in [0.1, 0.15) is 0 Å². The molecule has 3 N–H and O–H groups in total. The first-order chi connectivity index (χ1) is 7.15. The maximum atomic E-state index is 12.0. The average molecular weight is 210 g/mol. The normalized spacial score (nSPS) is 33.5. The number of hydrogen-bond acceptors (Lipinski definition) is 2. The van der Waals surface area contributed by atoms with E-state index >= 15 is 0 Å². The molecule has 3 nitrogen and oxygen atoms in total. The van der Waals surface area contributed by atoms with E-state index in [1.807, 2.05) is 0 Å². The van der Waals surface area contributed by atoms with Gasteiger partial charge in [-0.3, -0.25) is 4.79 Å². The number of carbonyl (C=O) groups excluding carboxylic acids is 1. The van der Waals surface area contributed by atoms with Crippen LogP contribution in [0.5, 0.6) is 0 Å². The molecule has 0 aromatic carbocycles. The van der Waals surface area contributed by atoms with Crippen LogP contribution in [0.25, 0.3) is 0 Å². The van der Waals surface area contributed by atoms with Gasteiger partial charge < -0.3 is 11.1 Å². The number of nitrogens with two attached hydrogens (primary N) is 1. The summed E-state index contributed by atoms with van der Waals surface area (Å²) < 4.78 is 0. The van der Waals surface area contributed by atoms with Gasteiger partial charge in [0.25, 0.3) is 0 Å². The van der Waals surface area contributed by atoms with Gasteiger partial charge in [-0.1, -0.05) is 6.92 Å².